The molecule has 1 aromatic carbocycles. The van der Waals surface area contributed by atoms with Gasteiger partial charge in [0.1, 0.15) is 11.6 Å². The molecule has 2 N–H and O–H groups in total. The Labute approximate surface area is 214 Å². The van der Waals surface area contributed by atoms with E-state index in [4.69, 9.17) is 0 Å². The van der Waals surface area contributed by atoms with Gasteiger partial charge in [-0.3, -0.25) is 9.69 Å². The number of piperidine rings is 2. The monoisotopic (exact) mass is 489 g/mol. The van der Waals surface area contributed by atoms with Gasteiger partial charge in [-0.2, -0.15) is 0 Å². The van der Waals surface area contributed by atoms with Crippen LogP contribution in [0.2, 0.25) is 0 Å². The topological polar surface area (TPSA) is 84.2 Å². The van der Waals surface area contributed by atoms with Gasteiger partial charge in [-0.05, 0) is 87.9 Å². The zero-order valence-electron chi connectivity index (χ0n) is 21.5. The van der Waals surface area contributed by atoms with Gasteiger partial charge in [-0.25, -0.2) is 9.97 Å². The van der Waals surface area contributed by atoms with Crippen molar-refractivity contribution in [3.05, 3.63) is 71.8 Å². The highest BCUT2D eigenvalue weighted by Gasteiger charge is 2.37. The number of nitrogens with one attached hydrogen (secondary N) is 2. The van der Waals surface area contributed by atoms with Crippen LogP contribution in [0, 0.1) is 5.41 Å². The highest BCUT2D eigenvalue weighted by Crippen LogP contribution is 2.41. The summed E-state index contributed by atoms with van der Waals surface area (Å²) in [7, 11) is 0. The van der Waals surface area contributed by atoms with Gasteiger partial charge in [-0.15, -0.1) is 0 Å². The summed E-state index contributed by atoms with van der Waals surface area (Å²) in [6, 6.07) is 8.14. The number of hydrogen-bond acceptors (Lipinski definition) is 5. The van der Waals surface area contributed by atoms with Crippen molar-refractivity contribution in [1.82, 2.24) is 34.6 Å². The van der Waals surface area contributed by atoms with Gasteiger partial charge in [0.25, 0.3) is 5.91 Å². The predicted molar refractivity (Wildman–Crippen MR) is 140 cm³/mol. The molecular formula is C28H39N7O. The van der Waals surface area contributed by atoms with Crippen LogP contribution in [0.15, 0.2) is 49.1 Å². The molecule has 36 heavy (non-hydrogen) atoms. The van der Waals surface area contributed by atoms with E-state index in [-0.39, 0.29) is 5.91 Å². The minimum Gasteiger partial charge on any atom is -0.347 e. The Kier molecular flexibility index (Phi) is 7.82. The first-order valence-corrected chi connectivity index (χ1v) is 13.4. The number of amides is 1. The molecule has 192 valence electrons. The van der Waals surface area contributed by atoms with E-state index in [0.717, 1.165) is 18.2 Å². The third-order valence-corrected chi connectivity index (χ3v) is 8.06. The summed E-state index contributed by atoms with van der Waals surface area (Å²) in [5.74, 6) is 1.49. The molecule has 0 atom stereocenters. The average Bonchev–Trinajstić information content (AvgIpc) is 3.62. The maximum Gasteiger partial charge on any atom is 0.254 e. The van der Waals surface area contributed by atoms with E-state index in [1.807, 2.05) is 12.1 Å². The number of carbonyl (C=O) groups is 1. The molecule has 2 aromatic heterocycles. The lowest BCUT2D eigenvalue weighted by atomic mass is 9.71. The van der Waals surface area contributed by atoms with Crippen LogP contribution in [0.3, 0.4) is 0 Å². The van der Waals surface area contributed by atoms with Crippen LogP contribution in [-0.4, -0.2) is 73.3 Å². The first-order valence-electron chi connectivity index (χ1n) is 13.4. The van der Waals surface area contributed by atoms with Crippen molar-refractivity contribution in [3.8, 4) is 0 Å². The second-order valence-electron chi connectivity index (χ2n) is 10.5. The molecule has 1 spiro atoms. The van der Waals surface area contributed by atoms with E-state index in [2.05, 4.69) is 48.8 Å². The lowest BCUT2D eigenvalue weighted by molar-refractivity contribution is 0.0325. The van der Waals surface area contributed by atoms with E-state index in [1.165, 1.54) is 70.4 Å². The van der Waals surface area contributed by atoms with Crippen molar-refractivity contribution in [2.45, 2.75) is 58.7 Å². The molecule has 2 aliphatic heterocycles. The summed E-state index contributed by atoms with van der Waals surface area (Å²) in [5, 5.41) is 0. The van der Waals surface area contributed by atoms with E-state index in [1.54, 1.807) is 29.7 Å². The average molecular weight is 490 g/mol. The highest BCUT2D eigenvalue weighted by molar-refractivity contribution is 5.94. The maximum atomic E-state index is 13.4. The van der Waals surface area contributed by atoms with Crippen molar-refractivity contribution in [2.24, 2.45) is 5.41 Å². The zero-order chi connectivity index (χ0) is 24.8. The number of rotatable bonds is 9. The first-order chi connectivity index (χ1) is 17.6. The Balaban J connectivity index is 1.16. The molecule has 1 amide bonds. The van der Waals surface area contributed by atoms with Gasteiger partial charge < -0.3 is 19.8 Å². The Hall–Kier alpha value is -2.97. The number of hydrogen-bond donors (Lipinski definition) is 2. The van der Waals surface area contributed by atoms with Crippen molar-refractivity contribution < 1.29 is 4.79 Å². The van der Waals surface area contributed by atoms with Gasteiger partial charge in [0.2, 0.25) is 0 Å². The van der Waals surface area contributed by atoms with Crippen LogP contribution in [0.1, 0.15) is 66.6 Å². The predicted octanol–water partition coefficient (Wildman–Crippen LogP) is 4.06. The Morgan fingerprint density at radius 2 is 1.44 bits per heavy atom. The molecule has 8 heteroatoms. The van der Waals surface area contributed by atoms with E-state index < -0.39 is 0 Å². The van der Waals surface area contributed by atoms with Crippen LogP contribution in [0.4, 0.5) is 0 Å². The molecule has 3 aromatic rings. The minimum atomic E-state index is -0.0244. The molecule has 8 nitrogen and oxygen atoms in total. The molecule has 0 bridgehead atoms. The van der Waals surface area contributed by atoms with Gasteiger partial charge in [-0.1, -0.05) is 19.1 Å². The molecule has 2 saturated heterocycles. The van der Waals surface area contributed by atoms with E-state index in [9.17, 15) is 4.79 Å². The molecule has 2 fully saturated rings. The number of aromatic nitrogens is 4. The number of imidazole rings is 2. The molecule has 5 rings (SSSR count). The Bertz CT molecular complexity index is 1020. The summed E-state index contributed by atoms with van der Waals surface area (Å²) in [6.45, 7) is 10.2. The molecule has 0 saturated carbocycles. The number of nitrogens with zero attached hydrogens (tertiary/aromatic N) is 5. The molecular weight excluding hydrogens is 450 g/mol. The lowest BCUT2D eigenvalue weighted by Crippen LogP contribution is -2.46. The molecule has 4 heterocycles. The summed E-state index contributed by atoms with van der Waals surface area (Å²) in [6.07, 6.45) is 13.6. The van der Waals surface area contributed by atoms with Gasteiger partial charge in [0.05, 0.1) is 13.1 Å². The molecule has 0 unspecified atom stereocenters. The molecule has 2 aliphatic rings. The minimum absolute atomic E-state index is 0.0244. The van der Waals surface area contributed by atoms with Gasteiger partial charge in [0, 0.05) is 36.9 Å². The van der Waals surface area contributed by atoms with Crippen LogP contribution in [0.25, 0.3) is 0 Å². The van der Waals surface area contributed by atoms with E-state index >= 15 is 0 Å². The number of carbonyl (C=O) groups excluding carboxylic acids is 1. The van der Waals surface area contributed by atoms with Crippen LogP contribution >= 0.6 is 0 Å². The Morgan fingerprint density at radius 3 is 1.94 bits per heavy atom. The first kappa shape index (κ1) is 24.7. The summed E-state index contributed by atoms with van der Waals surface area (Å²) in [5.41, 5.74) is 2.53. The fourth-order valence-corrected chi connectivity index (χ4v) is 5.78. The van der Waals surface area contributed by atoms with Crippen LogP contribution in [-0.2, 0) is 19.6 Å². The van der Waals surface area contributed by atoms with E-state index in [0.29, 0.717) is 24.1 Å². The van der Waals surface area contributed by atoms with Crippen LogP contribution < -0.4 is 0 Å². The van der Waals surface area contributed by atoms with Crippen molar-refractivity contribution in [3.63, 3.8) is 0 Å². The summed E-state index contributed by atoms with van der Waals surface area (Å²) >= 11 is 0. The smallest absolute Gasteiger partial charge is 0.254 e. The van der Waals surface area contributed by atoms with Crippen molar-refractivity contribution in [1.29, 1.82) is 0 Å². The van der Waals surface area contributed by atoms with Crippen molar-refractivity contribution >= 4 is 5.91 Å². The fourth-order valence-electron chi connectivity index (χ4n) is 5.78. The molecule has 0 aliphatic carbocycles. The second-order valence-corrected chi connectivity index (χ2v) is 10.5. The fraction of sp³-hybridized carbons (Fsp3) is 0.536. The Morgan fingerprint density at radius 1 is 0.889 bits per heavy atom. The van der Waals surface area contributed by atoms with Gasteiger partial charge in [0.15, 0.2) is 0 Å². The van der Waals surface area contributed by atoms with Gasteiger partial charge >= 0.3 is 0 Å². The summed E-state index contributed by atoms with van der Waals surface area (Å²) in [4.78, 5) is 35.1. The normalized spacial score (nSPS) is 18.5. The zero-order valence-corrected chi connectivity index (χ0v) is 21.5. The number of benzene rings is 1. The number of H-pyrrole nitrogens is 2. The van der Waals surface area contributed by atoms with Crippen LogP contribution in [0.5, 0.6) is 0 Å². The standard InChI is InChI=1S/C28H39N7O/c1-2-15-33-16-7-28(8-17-33)9-18-34(19-10-28)20-23-3-5-24(6-4-23)27(36)35(21-25-29-11-12-30-25)22-26-31-13-14-32-26/h3-6,11-14H,2,7-10,15-22H2,1H3,(H,29,30)(H,31,32). The quantitative estimate of drug-likeness (QED) is 0.474. The third-order valence-electron chi connectivity index (χ3n) is 8.06. The molecule has 0 radical (unpaired) electrons. The highest BCUT2D eigenvalue weighted by atomic mass is 16.2. The largest absolute Gasteiger partial charge is 0.347 e. The summed E-state index contributed by atoms with van der Waals surface area (Å²) < 4.78 is 0. The lowest BCUT2D eigenvalue weighted by Gasteiger charge is -2.47. The number of aromatic amines is 2. The second kappa shape index (κ2) is 11.4. The van der Waals surface area contributed by atoms with Crippen molar-refractivity contribution in [2.75, 3.05) is 32.7 Å². The SMILES string of the molecule is CCCN1CCC2(CC1)CCN(Cc1ccc(C(=O)N(Cc3ncc[nH]3)Cc3ncc[nH]3)cc1)CC2. The maximum absolute atomic E-state index is 13.4. The third kappa shape index (κ3) is 6.05. The number of likely N-dealkylation sites (tertiary alicyclic amines) is 2.